The van der Waals surface area contributed by atoms with Crippen molar-refractivity contribution in [3.63, 3.8) is 0 Å². The van der Waals surface area contributed by atoms with Crippen molar-refractivity contribution >= 4 is 27.6 Å². The van der Waals surface area contributed by atoms with Gasteiger partial charge in [-0.3, -0.25) is 0 Å². The van der Waals surface area contributed by atoms with Gasteiger partial charge in [0.25, 0.3) is 0 Å². The van der Waals surface area contributed by atoms with E-state index in [0.29, 0.717) is 9.70 Å². The smallest absolute Gasteiger partial charge is 0.433 e. The number of benzene rings is 2. The summed E-state index contributed by atoms with van der Waals surface area (Å²) in [5.74, 6) is -1.47. The van der Waals surface area contributed by atoms with Crippen molar-refractivity contribution in [1.82, 2.24) is 9.78 Å². The molecule has 0 bridgehead atoms. The van der Waals surface area contributed by atoms with Crippen LogP contribution in [0.5, 0.6) is 0 Å². The number of halogens is 4. The number of nitrogens with two attached hydrogens (primary N) is 1. The third-order valence-corrected chi connectivity index (χ3v) is 5.92. The lowest BCUT2D eigenvalue weighted by atomic mass is 9.98. The van der Waals surface area contributed by atoms with Gasteiger partial charge in [0.15, 0.2) is 5.69 Å². The molecule has 3 N–H and O–H groups in total. The SMILES string of the molecule is CCC(C(=O)O)n1nc(-c2ccc(S(N)(=O)=O)cc2)c(-c2ccc(Cl)cc2)c1C(F)(F)F. The van der Waals surface area contributed by atoms with E-state index in [0.717, 1.165) is 12.1 Å². The molecule has 0 saturated carbocycles. The summed E-state index contributed by atoms with van der Waals surface area (Å²) in [6.45, 7) is 1.43. The van der Waals surface area contributed by atoms with Crippen LogP contribution in [0.4, 0.5) is 13.2 Å². The summed E-state index contributed by atoms with van der Waals surface area (Å²) in [6.07, 6.45) is -5.09. The summed E-state index contributed by atoms with van der Waals surface area (Å²) >= 11 is 5.88. The topological polar surface area (TPSA) is 115 Å². The predicted molar refractivity (Wildman–Crippen MR) is 111 cm³/mol. The quantitative estimate of drug-likeness (QED) is 0.528. The summed E-state index contributed by atoms with van der Waals surface area (Å²) in [5.41, 5.74) is -1.50. The van der Waals surface area contributed by atoms with Gasteiger partial charge in [-0.05, 0) is 36.2 Å². The van der Waals surface area contributed by atoms with Crippen LogP contribution in [0.1, 0.15) is 25.1 Å². The first kappa shape index (κ1) is 23.8. The summed E-state index contributed by atoms with van der Waals surface area (Å²) in [5, 5.41) is 18.9. The molecule has 0 spiro atoms. The molecule has 0 saturated heterocycles. The van der Waals surface area contributed by atoms with Crippen LogP contribution >= 0.6 is 11.6 Å². The first-order valence-corrected chi connectivity index (χ1v) is 11.1. The van der Waals surface area contributed by atoms with Gasteiger partial charge in [0.2, 0.25) is 10.0 Å². The van der Waals surface area contributed by atoms with Gasteiger partial charge in [-0.25, -0.2) is 23.0 Å². The second-order valence-corrected chi connectivity index (χ2v) is 8.85. The molecule has 7 nitrogen and oxygen atoms in total. The van der Waals surface area contributed by atoms with Crippen LogP contribution in [0.2, 0.25) is 5.02 Å². The van der Waals surface area contributed by atoms with Gasteiger partial charge in [-0.1, -0.05) is 42.8 Å². The van der Waals surface area contributed by atoms with E-state index in [1.165, 1.54) is 43.3 Å². The molecule has 1 heterocycles. The Labute approximate surface area is 186 Å². The maximum Gasteiger partial charge on any atom is 0.433 e. The van der Waals surface area contributed by atoms with E-state index in [2.05, 4.69) is 5.10 Å². The number of carboxylic acid groups (broad SMARTS) is 1. The average Bonchev–Trinajstić information content (AvgIpc) is 3.09. The van der Waals surface area contributed by atoms with E-state index < -0.39 is 33.9 Å². The van der Waals surface area contributed by atoms with Crippen LogP contribution in [0.15, 0.2) is 53.4 Å². The minimum atomic E-state index is -4.94. The van der Waals surface area contributed by atoms with Gasteiger partial charge >= 0.3 is 12.1 Å². The van der Waals surface area contributed by atoms with Crippen molar-refractivity contribution in [3.8, 4) is 22.4 Å². The molecule has 1 unspecified atom stereocenters. The number of aromatic nitrogens is 2. The van der Waals surface area contributed by atoms with Crippen LogP contribution < -0.4 is 5.14 Å². The fourth-order valence-corrected chi connectivity index (χ4v) is 3.92. The van der Waals surface area contributed by atoms with E-state index in [1.54, 1.807) is 0 Å². The van der Waals surface area contributed by atoms with E-state index in [1.807, 2.05) is 0 Å². The summed E-state index contributed by atoms with van der Waals surface area (Å²) in [6, 6.07) is 8.74. The Morgan fingerprint density at radius 1 is 1.12 bits per heavy atom. The van der Waals surface area contributed by atoms with Gasteiger partial charge in [-0.2, -0.15) is 18.3 Å². The van der Waals surface area contributed by atoms with Crippen molar-refractivity contribution in [2.24, 2.45) is 5.14 Å². The first-order valence-electron chi connectivity index (χ1n) is 9.16. The molecular weight excluding hydrogens is 471 g/mol. The van der Waals surface area contributed by atoms with Crippen molar-refractivity contribution in [1.29, 1.82) is 0 Å². The highest BCUT2D eigenvalue weighted by Crippen LogP contribution is 2.44. The number of nitrogens with zero attached hydrogens (tertiary/aromatic N) is 2. The number of hydrogen-bond acceptors (Lipinski definition) is 4. The van der Waals surface area contributed by atoms with Crippen LogP contribution in [0.3, 0.4) is 0 Å². The Kier molecular flexibility index (Phi) is 6.36. The molecule has 2 aromatic carbocycles. The van der Waals surface area contributed by atoms with E-state index in [9.17, 15) is 31.5 Å². The second kappa shape index (κ2) is 8.57. The summed E-state index contributed by atoms with van der Waals surface area (Å²) < 4.78 is 66.1. The molecule has 170 valence electrons. The number of rotatable bonds is 6. The number of carboxylic acids is 1. The Hall–Kier alpha value is -2.89. The number of primary sulfonamides is 1. The summed E-state index contributed by atoms with van der Waals surface area (Å²) in [7, 11) is -4.02. The maximum absolute atomic E-state index is 14.2. The van der Waals surface area contributed by atoms with Gasteiger partial charge in [0.1, 0.15) is 11.7 Å². The van der Waals surface area contributed by atoms with Gasteiger partial charge < -0.3 is 5.11 Å². The number of alkyl halides is 3. The Morgan fingerprint density at radius 2 is 1.66 bits per heavy atom. The molecule has 0 aliphatic carbocycles. The largest absolute Gasteiger partial charge is 0.480 e. The lowest BCUT2D eigenvalue weighted by Crippen LogP contribution is -2.25. The zero-order chi connectivity index (χ0) is 23.8. The van der Waals surface area contributed by atoms with Crippen LogP contribution in [-0.2, 0) is 21.0 Å². The molecule has 3 rings (SSSR count). The minimum absolute atomic E-state index is 0.110. The number of hydrogen-bond donors (Lipinski definition) is 2. The molecule has 0 aliphatic heterocycles. The Morgan fingerprint density at radius 3 is 2.09 bits per heavy atom. The van der Waals surface area contributed by atoms with Crippen LogP contribution in [0.25, 0.3) is 22.4 Å². The second-order valence-electron chi connectivity index (χ2n) is 6.85. The highest BCUT2D eigenvalue weighted by atomic mass is 35.5. The molecule has 32 heavy (non-hydrogen) atoms. The number of sulfonamides is 1. The Bertz CT molecular complexity index is 1250. The lowest BCUT2D eigenvalue weighted by molar-refractivity contribution is -0.149. The predicted octanol–water partition coefficient (Wildman–Crippen LogP) is 4.57. The molecule has 0 aliphatic rings. The molecule has 0 radical (unpaired) electrons. The third-order valence-electron chi connectivity index (χ3n) is 4.74. The van der Waals surface area contributed by atoms with E-state index in [-0.39, 0.29) is 33.7 Å². The highest BCUT2D eigenvalue weighted by molar-refractivity contribution is 7.89. The van der Waals surface area contributed by atoms with Crippen LogP contribution in [-0.4, -0.2) is 29.3 Å². The van der Waals surface area contributed by atoms with Gasteiger partial charge in [0.05, 0.1) is 4.90 Å². The monoisotopic (exact) mass is 487 g/mol. The zero-order valence-electron chi connectivity index (χ0n) is 16.5. The zero-order valence-corrected chi connectivity index (χ0v) is 18.0. The minimum Gasteiger partial charge on any atom is -0.480 e. The fraction of sp³-hybridized carbons (Fsp3) is 0.200. The number of carbonyl (C=O) groups is 1. The van der Waals surface area contributed by atoms with E-state index >= 15 is 0 Å². The van der Waals surface area contributed by atoms with Crippen LogP contribution in [0, 0.1) is 0 Å². The third kappa shape index (κ3) is 4.64. The highest BCUT2D eigenvalue weighted by Gasteiger charge is 2.43. The lowest BCUT2D eigenvalue weighted by Gasteiger charge is -2.17. The van der Waals surface area contributed by atoms with Crippen molar-refractivity contribution < 1.29 is 31.5 Å². The average molecular weight is 488 g/mol. The molecular formula is C20H17ClF3N3O4S. The molecule has 3 aromatic rings. The van der Waals surface area contributed by atoms with Gasteiger partial charge in [0, 0.05) is 16.1 Å². The molecule has 0 fully saturated rings. The molecule has 1 atom stereocenters. The molecule has 12 heteroatoms. The fourth-order valence-electron chi connectivity index (χ4n) is 3.28. The normalized spacial score (nSPS) is 13.2. The van der Waals surface area contributed by atoms with Crippen molar-refractivity contribution in [2.45, 2.75) is 30.5 Å². The Balaban J connectivity index is 2.38. The van der Waals surface area contributed by atoms with Crippen molar-refractivity contribution in [2.75, 3.05) is 0 Å². The van der Waals surface area contributed by atoms with Crippen molar-refractivity contribution in [3.05, 3.63) is 59.2 Å². The van der Waals surface area contributed by atoms with Gasteiger partial charge in [-0.15, -0.1) is 0 Å². The molecule has 1 aromatic heterocycles. The number of aliphatic carboxylic acids is 1. The maximum atomic E-state index is 14.2. The standard InChI is InChI=1S/C20H17ClF3N3O4S/c1-2-15(19(28)29)27-18(20(22,23)24)16(11-3-7-13(21)8-4-11)17(26-27)12-5-9-14(10-6-12)32(25,30)31/h3-10,15H,2H2,1H3,(H,28,29)(H2,25,30,31). The summed E-state index contributed by atoms with van der Waals surface area (Å²) in [4.78, 5) is 11.4. The first-order chi connectivity index (χ1) is 14.8. The molecule has 0 amide bonds. The van der Waals surface area contributed by atoms with E-state index in [4.69, 9.17) is 16.7 Å².